The molecule has 0 fully saturated rings. The topological polar surface area (TPSA) is 54.9 Å². The maximum atomic E-state index is 13.2. The molecule has 2 aromatic carbocycles. The SMILES string of the molecule is O=C(Nc1ccccc1Cl)c1cnc(-c2cccc(F)c2)nc1. The largest absolute Gasteiger partial charge is 0.321 e. The Labute approximate surface area is 137 Å². The predicted octanol–water partition coefficient (Wildman–Crippen LogP) is 4.19. The summed E-state index contributed by atoms with van der Waals surface area (Å²) < 4.78 is 13.2. The Bertz CT molecular complexity index is 852. The third kappa shape index (κ3) is 3.52. The van der Waals surface area contributed by atoms with Gasteiger partial charge in [0.1, 0.15) is 5.82 Å². The highest BCUT2D eigenvalue weighted by Gasteiger charge is 2.10. The van der Waals surface area contributed by atoms with Gasteiger partial charge in [0, 0.05) is 18.0 Å². The average molecular weight is 328 g/mol. The number of anilines is 1. The molecule has 0 aliphatic heterocycles. The second kappa shape index (κ2) is 6.54. The van der Waals surface area contributed by atoms with Gasteiger partial charge in [0.2, 0.25) is 0 Å². The number of carbonyl (C=O) groups is 1. The van der Waals surface area contributed by atoms with Crippen molar-refractivity contribution in [2.45, 2.75) is 0 Å². The van der Waals surface area contributed by atoms with Crippen molar-refractivity contribution in [2.75, 3.05) is 5.32 Å². The van der Waals surface area contributed by atoms with Crippen LogP contribution in [0.1, 0.15) is 10.4 Å². The fourth-order valence-electron chi connectivity index (χ4n) is 1.98. The van der Waals surface area contributed by atoms with E-state index < -0.39 is 0 Å². The Morgan fingerprint density at radius 2 is 1.78 bits per heavy atom. The molecular formula is C17H11ClFN3O. The molecule has 3 aromatic rings. The van der Waals surface area contributed by atoms with E-state index in [2.05, 4.69) is 15.3 Å². The summed E-state index contributed by atoms with van der Waals surface area (Å²) in [6.45, 7) is 0. The molecule has 0 bridgehead atoms. The highest BCUT2D eigenvalue weighted by atomic mass is 35.5. The van der Waals surface area contributed by atoms with Crippen LogP contribution in [0, 0.1) is 5.82 Å². The smallest absolute Gasteiger partial charge is 0.258 e. The van der Waals surface area contributed by atoms with Crippen LogP contribution in [-0.4, -0.2) is 15.9 Å². The minimum atomic E-state index is -0.371. The van der Waals surface area contributed by atoms with Crippen molar-refractivity contribution in [3.8, 4) is 11.4 Å². The van der Waals surface area contributed by atoms with Gasteiger partial charge in [-0.05, 0) is 24.3 Å². The highest BCUT2D eigenvalue weighted by Crippen LogP contribution is 2.21. The van der Waals surface area contributed by atoms with Gasteiger partial charge in [0.25, 0.3) is 5.91 Å². The van der Waals surface area contributed by atoms with Crippen molar-refractivity contribution in [2.24, 2.45) is 0 Å². The Morgan fingerprint density at radius 1 is 1.04 bits per heavy atom. The van der Waals surface area contributed by atoms with E-state index in [1.54, 1.807) is 36.4 Å². The van der Waals surface area contributed by atoms with Crippen molar-refractivity contribution >= 4 is 23.2 Å². The molecule has 0 spiro atoms. The molecule has 0 unspecified atom stereocenters. The molecule has 1 N–H and O–H groups in total. The van der Waals surface area contributed by atoms with Gasteiger partial charge in [-0.25, -0.2) is 14.4 Å². The van der Waals surface area contributed by atoms with Crippen molar-refractivity contribution in [1.29, 1.82) is 0 Å². The van der Waals surface area contributed by atoms with Crippen LogP contribution in [0.25, 0.3) is 11.4 Å². The van der Waals surface area contributed by atoms with Crippen LogP contribution in [0.3, 0.4) is 0 Å². The summed E-state index contributed by atoms with van der Waals surface area (Å²) in [4.78, 5) is 20.4. The van der Waals surface area contributed by atoms with Crippen LogP contribution >= 0.6 is 11.6 Å². The summed E-state index contributed by atoms with van der Waals surface area (Å²) in [7, 11) is 0. The summed E-state index contributed by atoms with van der Waals surface area (Å²) in [6, 6.07) is 12.9. The van der Waals surface area contributed by atoms with E-state index >= 15 is 0 Å². The van der Waals surface area contributed by atoms with E-state index in [-0.39, 0.29) is 17.3 Å². The molecule has 3 rings (SSSR count). The lowest BCUT2D eigenvalue weighted by molar-refractivity contribution is 0.102. The normalized spacial score (nSPS) is 10.3. The lowest BCUT2D eigenvalue weighted by atomic mass is 10.2. The van der Waals surface area contributed by atoms with E-state index in [1.165, 1.54) is 24.5 Å². The zero-order valence-electron chi connectivity index (χ0n) is 11.8. The van der Waals surface area contributed by atoms with E-state index in [4.69, 9.17) is 11.6 Å². The van der Waals surface area contributed by atoms with Crippen LogP contribution in [0.2, 0.25) is 5.02 Å². The minimum Gasteiger partial charge on any atom is -0.321 e. The molecule has 1 heterocycles. The van der Waals surface area contributed by atoms with Crippen molar-refractivity contribution in [3.63, 3.8) is 0 Å². The van der Waals surface area contributed by atoms with Gasteiger partial charge in [-0.3, -0.25) is 4.79 Å². The zero-order valence-corrected chi connectivity index (χ0v) is 12.6. The number of benzene rings is 2. The van der Waals surface area contributed by atoms with E-state index in [9.17, 15) is 9.18 Å². The summed E-state index contributed by atoms with van der Waals surface area (Å²) in [5, 5.41) is 3.13. The minimum absolute atomic E-state index is 0.282. The first-order valence-electron chi connectivity index (χ1n) is 6.77. The van der Waals surface area contributed by atoms with Crippen molar-refractivity contribution in [3.05, 3.63) is 77.3 Å². The predicted molar refractivity (Wildman–Crippen MR) is 86.8 cm³/mol. The van der Waals surface area contributed by atoms with Crippen molar-refractivity contribution < 1.29 is 9.18 Å². The summed E-state index contributed by atoms with van der Waals surface area (Å²) in [6.07, 6.45) is 2.78. The number of nitrogens with one attached hydrogen (secondary N) is 1. The Morgan fingerprint density at radius 3 is 2.48 bits per heavy atom. The van der Waals surface area contributed by atoms with Gasteiger partial charge in [0.05, 0.1) is 16.3 Å². The molecule has 0 saturated carbocycles. The number of halogens is 2. The molecule has 6 heteroatoms. The molecule has 0 aliphatic rings. The molecule has 1 aromatic heterocycles. The highest BCUT2D eigenvalue weighted by molar-refractivity contribution is 6.33. The summed E-state index contributed by atoms with van der Waals surface area (Å²) in [5.41, 5.74) is 1.33. The summed E-state index contributed by atoms with van der Waals surface area (Å²) >= 11 is 5.99. The monoisotopic (exact) mass is 327 g/mol. The van der Waals surface area contributed by atoms with Crippen LogP contribution in [0.5, 0.6) is 0 Å². The van der Waals surface area contributed by atoms with Gasteiger partial charge in [0.15, 0.2) is 5.82 Å². The average Bonchev–Trinajstić information content (AvgIpc) is 2.57. The summed E-state index contributed by atoms with van der Waals surface area (Å²) in [5.74, 6) is -0.394. The Balaban J connectivity index is 1.79. The van der Waals surface area contributed by atoms with E-state index in [0.29, 0.717) is 22.1 Å². The van der Waals surface area contributed by atoms with Crippen LogP contribution in [0.4, 0.5) is 10.1 Å². The first-order valence-corrected chi connectivity index (χ1v) is 7.15. The second-order valence-electron chi connectivity index (χ2n) is 4.74. The first-order chi connectivity index (χ1) is 11.1. The molecule has 4 nitrogen and oxygen atoms in total. The number of amides is 1. The molecular weight excluding hydrogens is 317 g/mol. The fourth-order valence-corrected chi connectivity index (χ4v) is 2.16. The molecule has 23 heavy (non-hydrogen) atoms. The van der Waals surface area contributed by atoms with Crippen LogP contribution in [-0.2, 0) is 0 Å². The van der Waals surface area contributed by atoms with Gasteiger partial charge < -0.3 is 5.32 Å². The van der Waals surface area contributed by atoms with Crippen LogP contribution < -0.4 is 5.32 Å². The molecule has 114 valence electrons. The third-order valence-corrected chi connectivity index (χ3v) is 3.45. The van der Waals surface area contributed by atoms with Crippen molar-refractivity contribution in [1.82, 2.24) is 9.97 Å². The molecule has 0 radical (unpaired) electrons. The number of para-hydroxylation sites is 1. The number of hydrogen-bond donors (Lipinski definition) is 1. The quantitative estimate of drug-likeness (QED) is 0.784. The standard InChI is InChI=1S/C17H11ClFN3O/c18-14-6-1-2-7-15(14)22-17(23)12-9-20-16(21-10-12)11-4-3-5-13(19)8-11/h1-10H,(H,22,23). The second-order valence-corrected chi connectivity index (χ2v) is 5.15. The number of carbonyl (C=O) groups excluding carboxylic acids is 1. The zero-order chi connectivity index (χ0) is 16.2. The Hall–Kier alpha value is -2.79. The van der Waals surface area contributed by atoms with Crippen LogP contribution in [0.15, 0.2) is 60.9 Å². The molecule has 1 amide bonds. The van der Waals surface area contributed by atoms with Gasteiger partial charge in [-0.2, -0.15) is 0 Å². The fraction of sp³-hybridized carbons (Fsp3) is 0. The maximum absolute atomic E-state index is 13.2. The van der Waals surface area contributed by atoms with E-state index in [0.717, 1.165) is 0 Å². The maximum Gasteiger partial charge on any atom is 0.258 e. The van der Waals surface area contributed by atoms with E-state index in [1.807, 2.05) is 0 Å². The van der Waals surface area contributed by atoms with Gasteiger partial charge >= 0.3 is 0 Å². The third-order valence-electron chi connectivity index (χ3n) is 3.12. The molecule has 0 atom stereocenters. The molecule has 0 saturated heterocycles. The molecule has 0 aliphatic carbocycles. The number of rotatable bonds is 3. The van der Waals surface area contributed by atoms with Gasteiger partial charge in [-0.1, -0.05) is 35.9 Å². The lowest BCUT2D eigenvalue weighted by Gasteiger charge is -2.07. The number of nitrogens with zero attached hydrogens (tertiary/aromatic N) is 2. The number of aromatic nitrogens is 2. The van der Waals surface area contributed by atoms with Gasteiger partial charge in [-0.15, -0.1) is 0 Å². The Kier molecular flexibility index (Phi) is 4.30. The lowest BCUT2D eigenvalue weighted by Crippen LogP contribution is -2.13. The first kappa shape index (κ1) is 15.1. The number of hydrogen-bond acceptors (Lipinski definition) is 3.